The topological polar surface area (TPSA) is 134 Å². The van der Waals surface area contributed by atoms with Crippen LogP contribution in [0.2, 0.25) is 0 Å². The monoisotopic (exact) mass is 571 g/mol. The average molecular weight is 572 g/mol. The summed E-state index contributed by atoms with van der Waals surface area (Å²) in [5.41, 5.74) is 2.18. The summed E-state index contributed by atoms with van der Waals surface area (Å²) in [6.45, 7) is 12.9. The van der Waals surface area contributed by atoms with E-state index in [1.807, 2.05) is 50.2 Å². The Morgan fingerprint density at radius 3 is 1.95 bits per heavy atom. The number of amides is 3. The van der Waals surface area contributed by atoms with Gasteiger partial charge in [-0.2, -0.15) is 0 Å². The number of ether oxygens (including phenoxy) is 1. The summed E-state index contributed by atoms with van der Waals surface area (Å²) >= 11 is 0. The van der Waals surface area contributed by atoms with E-state index in [0.717, 1.165) is 19.3 Å². The molecule has 3 amide bonds. The van der Waals surface area contributed by atoms with Gasteiger partial charge in [0.25, 0.3) is 0 Å². The van der Waals surface area contributed by atoms with Gasteiger partial charge in [-0.25, -0.2) is 0 Å². The van der Waals surface area contributed by atoms with Crippen LogP contribution in [-0.2, 0) is 30.3 Å². The van der Waals surface area contributed by atoms with Crippen molar-refractivity contribution in [3.05, 3.63) is 71.8 Å². The van der Waals surface area contributed by atoms with Gasteiger partial charge in [0.05, 0.1) is 24.8 Å². The normalized spacial score (nSPS) is 12.7. The van der Waals surface area contributed by atoms with Gasteiger partial charge < -0.3 is 30.6 Å². The number of hydrogen-bond acceptors (Lipinski definition) is 6. The quantitative estimate of drug-likeness (QED) is 0.257. The van der Waals surface area contributed by atoms with E-state index in [4.69, 9.17) is 9.84 Å². The number of benzene rings is 2. The van der Waals surface area contributed by atoms with Crippen LogP contribution < -0.4 is 16.0 Å². The molecule has 0 aromatic heterocycles. The minimum Gasteiger partial charge on any atom is -0.400 e. The number of aliphatic hydroxyl groups excluding tert-OH is 1. The average Bonchev–Trinajstić information content (AvgIpc) is 2.95. The molecule has 0 spiro atoms. The number of aldehydes is 1. The molecule has 0 bridgehead atoms. The summed E-state index contributed by atoms with van der Waals surface area (Å²) in [4.78, 5) is 45.9. The van der Waals surface area contributed by atoms with Gasteiger partial charge in [-0.15, -0.1) is 0 Å². The first-order valence-electron chi connectivity index (χ1n) is 13.8. The molecule has 9 nitrogen and oxygen atoms in total. The second-order valence-corrected chi connectivity index (χ2v) is 10.9. The molecule has 0 saturated carbocycles. The molecule has 228 valence electrons. The molecule has 2 aromatic carbocycles. The molecule has 4 N–H and O–H groups in total. The highest BCUT2D eigenvalue weighted by atomic mass is 16.5. The highest BCUT2D eigenvalue weighted by Gasteiger charge is 2.24. The van der Waals surface area contributed by atoms with Crippen LogP contribution in [-0.4, -0.2) is 67.6 Å². The van der Waals surface area contributed by atoms with Crippen molar-refractivity contribution in [3.8, 4) is 0 Å². The SMILES string of the molecule is CC(C)C[C@H](C=O)NC(=O)C(Cc1ccccc1)NC(=O)CNC=O.CO.C[C@@H](COC(C)(C)C)c1ccccc1. The number of carbonyl (C=O) groups is 4. The molecule has 9 heteroatoms. The molecule has 0 radical (unpaired) electrons. The summed E-state index contributed by atoms with van der Waals surface area (Å²) in [6.07, 6.45) is 1.92. The van der Waals surface area contributed by atoms with E-state index in [2.05, 4.69) is 67.9 Å². The van der Waals surface area contributed by atoms with Crippen LogP contribution in [0.25, 0.3) is 0 Å². The second-order valence-electron chi connectivity index (χ2n) is 10.9. The van der Waals surface area contributed by atoms with E-state index in [9.17, 15) is 19.2 Å². The van der Waals surface area contributed by atoms with Crippen molar-refractivity contribution in [2.45, 2.75) is 78.0 Å². The molecule has 0 aliphatic rings. The van der Waals surface area contributed by atoms with Gasteiger partial charge in [0.1, 0.15) is 12.3 Å². The first-order valence-corrected chi connectivity index (χ1v) is 13.8. The number of carbonyl (C=O) groups excluding carboxylic acids is 4. The van der Waals surface area contributed by atoms with Gasteiger partial charge >= 0.3 is 0 Å². The molecule has 0 aliphatic heterocycles. The minimum absolute atomic E-state index is 0.0387. The van der Waals surface area contributed by atoms with Crippen molar-refractivity contribution in [1.29, 1.82) is 0 Å². The van der Waals surface area contributed by atoms with Crippen molar-refractivity contribution < 1.29 is 29.0 Å². The van der Waals surface area contributed by atoms with Crippen LogP contribution in [0.4, 0.5) is 0 Å². The minimum atomic E-state index is -0.835. The molecule has 0 aliphatic carbocycles. The fourth-order valence-corrected chi connectivity index (χ4v) is 3.63. The summed E-state index contributed by atoms with van der Waals surface area (Å²) < 4.78 is 5.75. The lowest BCUT2D eigenvalue weighted by molar-refractivity contribution is -0.130. The zero-order valence-corrected chi connectivity index (χ0v) is 25.6. The van der Waals surface area contributed by atoms with Crippen LogP contribution in [0.15, 0.2) is 60.7 Å². The van der Waals surface area contributed by atoms with Crippen LogP contribution in [0.1, 0.15) is 65.0 Å². The zero-order chi connectivity index (χ0) is 31.3. The molecule has 0 heterocycles. The summed E-state index contributed by atoms with van der Waals surface area (Å²) in [5.74, 6) is -0.194. The summed E-state index contributed by atoms with van der Waals surface area (Å²) in [7, 11) is 1.00. The van der Waals surface area contributed by atoms with Crippen molar-refractivity contribution in [3.63, 3.8) is 0 Å². The number of aliphatic hydroxyl groups is 1. The van der Waals surface area contributed by atoms with Gasteiger partial charge in [0.15, 0.2) is 0 Å². The first-order chi connectivity index (χ1) is 19.4. The van der Waals surface area contributed by atoms with Crippen LogP contribution in [0.5, 0.6) is 0 Å². The van der Waals surface area contributed by atoms with Crippen molar-refractivity contribution >= 4 is 24.5 Å². The maximum atomic E-state index is 12.5. The molecular formula is C32H49N3O6. The molecule has 2 rings (SSSR count). The largest absolute Gasteiger partial charge is 0.400 e. The Balaban J connectivity index is 0.000000843. The number of rotatable bonds is 14. The molecule has 1 unspecified atom stereocenters. The van der Waals surface area contributed by atoms with Gasteiger partial charge in [-0.05, 0) is 44.2 Å². The molecule has 3 atom stereocenters. The molecular weight excluding hydrogens is 522 g/mol. The third-order valence-electron chi connectivity index (χ3n) is 5.63. The Hall–Kier alpha value is -3.56. The Kier molecular flexibility index (Phi) is 19.4. The van der Waals surface area contributed by atoms with Crippen molar-refractivity contribution in [2.75, 3.05) is 20.3 Å². The lowest BCUT2D eigenvalue weighted by atomic mass is 10.0. The summed E-state index contributed by atoms with van der Waals surface area (Å²) in [6, 6.07) is 18.3. The molecule has 0 saturated heterocycles. The van der Waals surface area contributed by atoms with Crippen molar-refractivity contribution in [1.82, 2.24) is 16.0 Å². The van der Waals surface area contributed by atoms with Gasteiger partial charge in [0, 0.05) is 19.4 Å². The van der Waals surface area contributed by atoms with Gasteiger partial charge in [-0.3, -0.25) is 14.4 Å². The third-order valence-corrected chi connectivity index (χ3v) is 5.63. The maximum Gasteiger partial charge on any atom is 0.243 e. The predicted molar refractivity (Wildman–Crippen MR) is 162 cm³/mol. The fraction of sp³-hybridized carbons (Fsp3) is 0.500. The fourth-order valence-electron chi connectivity index (χ4n) is 3.63. The van der Waals surface area contributed by atoms with Gasteiger partial charge in [0.2, 0.25) is 18.2 Å². The van der Waals surface area contributed by atoms with E-state index in [1.165, 1.54) is 5.56 Å². The van der Waals surface area contributed by atoms with E-state index < -0.39 is 23.9 Å². The number of nitrogens with one attached hydrogen (secondary N) is 3. The molecule has 2 aromatic rings. The van der Waals surface area contributed by atoms with Crippen LogP contribution in [0.3, 0.4) is 0 Å². The zero-order valence-electron chi connectivity index (χ0n) is 25.6. The van der Waals surface area contributed by atoms with Crippen molar-refractivity contribution in [2.24, 2.45) is 5.92 Å². The van der Waals surface area contributed by atoms with Crippen LogP contribution >= 0.6 is 0 Å². The Labute approximate surface area is 245 Å². The lowest BCUT2D eigenvalue weighted by Gasteiger charge is -2.22. The van der Waals surface area contributed by atoms with Gasteiger partial charge in [-0.1, -0.05) is 81.4 Å². The lowest BCUT2D eigenvalue weighted by Crippen LogP contribution is -2.52. The van der Waals surface area contributed by atoms with E-state index in [0.29, 0.717) is 25.0 Å². The third kappa shape index (κ3) is 18.4. The Bertz CT molecular complexity index is 993. The highest BCUT2D eigenvalue weighted by Crippen LogP contribution is 2.18. The summed E-state index contributed by atoms with van der Waals surface area (Å²) in [5, 5.41) is 14.5. The Morgan fingerprint density at radius 1 is 0.902 bits per heavy atom. The smallest absolute Gasteiger partial charge is 0.243 e. The molecule has 41 heavy (non-hydrogen) atoms. The first kappa shape index (κ1) is 37.4. The number of hydrogen-bond donors (Lipinski definition) is 4. The predicted octanol–water partition coefficient (Wildman–Crippen LogP) is 3.40. The van der Waals surface area contributed by atoms with E-state index in [-0.39, 0.29) is 24.5 Å². The maximum absolute atomic E-state index is 12.5. The standard InChI is InChI=1S/C18H25N3O4.C13H20O.CH4O/c1-13(2)8-15(11-22)20-18(25)16(21-17(24)10-19-12-23)9-14-6-4-3-5-7-14;1-11(10-14-13(2,3)4)12-8-6-5-7-9-12;1-2/h3-7,11-13,15-16H,8-10H2,1-2H3,(H,19,23)(H,20,25)(H,21,24);5-9,11H,10H2,1-4H3;2H,1H3/t15-,16?;11-;/m10./s1. The molecule has 0 fully saturated rings. The van der Waals surface area contributed by atoms with E-state index >= 15 is 0 Å². The Morgan fingerprint density at radius 2 is 1.46 bits per heavy atom. The second kappa shape index (κ2) is 21.2. The van der Waals surface area contributed by atoms with Crippen LogP contribution in [0, 0.1) is 5.92 Å². The highest BCUT2D eigenvalue weighted by molar-refractivity contribution is 5.90. The van der Waals surface area contributed by atoms with E-state index in [1.54, 1.807) is 0 Å².